The van der Waals surface area contributed by atoms with Crippen molar-refractivity contribution >= 4 is 44.3 Å². The zero-order valence-corrected chi connectivity index (χ0v) is 18.3. The van der Waals surface area contributed by atoms with Crippen LogP contribution >= 0.6 is 22.7 Å². The van der Waals surface area contributed by atoms with Gasteiger partial charge >= 0.3 is 0 Å². The second kappa shape index (κ2) is 9.02. The van der Waals surface area contributed by atoms with Crippen LogP contribution in [0.4, 0.5) is 10.1 Å². The molecule has 0 bridgehead atoms. The van der Waals surface area contributed by atoms with E-state index in [1.807, 2.05) is 12.3 Å². The van der Waals surface area contributed by atoms with Gasteiger partial charge in [-0.15, -0.1) is 22.7 Å². The Morgan fingerprint density at radius 2 is 1.93 bits per heavy atom. The van der Waals surface area contributed by atoms with Gasteiger partial charge in [-0.25, -0.2) is 17.8 Å². The first-order chi connectivity index (χ1) is 13.8. The largest absolute Gasteiger partial charge is 0.356 e. The Labute approximate surface area is 177 Å². The molecule has 1 N–H and O–H groups in total. The number of anilines is 1. The Balaban J connectivity index is 1.90. The minimum Gasteiger partial charge on any atom is -0.356 e. The lowest BCUT2D eigenvalue weighted by atomic mass is 10.3. The van der Waals surface area contributed by atoms with Gasteiger partial charge in [-0.1, -0.05) is 0 Å². The van der Waals surface area contributed by atoms with Crippen molar-refractivity contribution in [1.82, 2.24) is 10.3 Å². The highest BCUT2D eigenvalue weighted by atomic mass is 32.2. The van der Waals surface area contributed by atoms with Crippen molar-refractivity contribution in [2.75, 3.05) is 10.8 Å². The average Bonchev–Trinajstić information content (AvgIpc) is 3.30. The summed E-state index contributed by atoms with van der Waals surface area (Å²) < 4.78 is 41.5. The Hall–Kier alpha value is -2.30. The zero-order valence-electron chi connectivity index (χ0n) is 15.9. The van der Waals surface area contributed by atoms with Crippen molar-refractivity contribution in [3.05, 3.63) is 63.2 Å². The van der Waals surface area contributed by atoms with Gasteiger partial charge in [-0.3, -0.25) is 9.10 Å². The number of thiophene rings is 1. The maximum atomic E-state index is 13.4. The van der Waals surface area contributed by atoms with Gasteiger partial charge in [0.15, 0.2) is 0 Å². The SMILES string of the molecule is CC(=O)NCCc1ccc(S(=O)(=O)N(Cc2csc(C)n2)c2ccc(F)cc2)s1. The van der Waals surface area contributed by atoms with Gasteiger partial charge < -0.3 is 5.32 Å². The molecular formula is C19H20FN3O3S3. The number of aryl methyl sites for hydroxylation is 1. The Morgan fingerprint density at radius 3 is 2.55 bits per heavy atom. The van der Waals surface area contributed by atoms with E-state index in [1.54, 1.807) is 12.1 Å². The number of nitrogens with one attached hydrogen (secondary N) is 1. The van der Waals surface area contributed by atoms with E-state index in [0.29, 0.717) is 24.3 Å². The summed E-state index contributed by atoms with van der Waals surface area (Å²) in [7, 11) is -3.87. The normalized spacial score (nSPS) is 11.4. The number of benzene rings is 1. The maximum absolute atomic E-state index is 13.4. The van der Waals surface area contributed by atoms with E-state index in [0.717, 1.165) is 21.2 Å². The van der Waals surface area contributed by atoms with Crippen LogP contribution in [0.15, 0.2) is 46.0 Å². The zero-order chi connectivity index (χ0) is 21.0. The predicted octanol–water partition coefficient (Wildman–Crippen LogP) is 3.73. The molecule has 0 saturated carbocycles. The van der Waals surface area contributed by atoms with Crippen LogP contribution in [-0.4, -0.2) is 25.9 Å². The van der Waals surface area contributed by atoms with Gasteiger partial charge in [0, 0.05) is 23.7 Å². The summed E-state index contributed by atoms with van der Waals surface area (Å²) in [6, 6.07) is 8.66. The van der Waals surface area contributed by atoms with Gasteiger partial charge in [0.2, 0.25) is 5.91 Å². The van der Waals surface area contributed by atoms with Crippen LogP contribution in [0, 0.1) is 12.7 Å². The van der Waals surface area contributed by atoms with Crippen molar-refractivity contribution in [1.29, 1.82) is 0 Å². The molecular weight excluding hydrogens is 433 g/mol. The Morgan fingerprint density at radius 1 is 1.21 bits per heavy atom. The number of thiazole rings is 1. The number of hydrogen-bond acceptors (Lipinski definition) is 6. The van der Waals surface area contributed by atoms with Crippen molar-refractivity contribution in [2.45, 2.75) is 31.0 Å². The molecule has 0 aliphatic heterocycles. The van der Waals surface area contributed by atoms with Crippen LogP contribution in [0.5, 0.6) is 0 Å². The quantitative estimate of drug-likeness (QED) is 0.564. The molecule has 2 aromatic heterocycles. The standard InChI is InChI=1S/C19H20FN3O3S3/c1-13(24)21-10-9-18-7-8-19(28-18)29(25,26)23(11-16-12-27-14(2)22-16)17-5-3-15(20)4-6-17/h3-8,12H,9-11H2,1-2H3,(H,21,24). The van der Waals surface area contributed by atoms with E-state index in [2.05, 4.69) is 10.3 Å². The molecule has 0 atom stereocenters. The number of amides is 1. The second-order valence-electron chi connectivity index (χ2n) is 6.30. The monoisotopic (exact) mass is 453 g/mol. The molecule has 2 heterocycles. The molecule has 3 aromatic rings. The lowest BCUT2D eigenvalue weighted by Gasteiger charge is -2.23. The highest BCUT2D eigenvalue weighted by Crippen LogP contribution is 2.30. The summed E-state index contributed by atoms with van der Waals surface area (Å²) in [6.07, 6.45) is 0.543. The van der Waals surface area contributed by atoms with Crippen LogP contribution in [0.2, 0.25) is 0 Å². The first-order valence-electron chi connectivity index (χ1n) is 8.78. The smallest absolute Gasteiger partial charge is 0.274 e. The minimum atomic E-state index is -3.87. The molecule has 6 nitrogen and oxygen atoms in total. The predicted molar refractivity (Wildman–Crippen MR) is 113 cm³/mol. The summed E-state index contributed by atoms with van der Waals surface area (Å²) >= 11 is 2.60. The molecule has 0 radical (unpaired) electrons. The topological polar surface area (TPSA) is 79.4 Å². The van der Waals surface area contributed by atoms with Crippen molar-refractivity contribution in [3.8, 4) is 0 Å². The van der Waals surface area contributed by atoms with E-state index in [4.69, 9.17) is 0 Å². The summed E-state index contributed by atoms with van der Waals surface area (Å²) in [5.41, 5.74) is 0.994. The van der Waals surface area contributed by atoms with Gasteiger partial charge in [-0.2, -0.15) is 0 Å². The average molecular weight is 454 g/mol. The lowest BCUT2D eigenvalue weighted by molar-refractivity contribution is -0.118. The molecule has 1 aromatic carbocycles. The molecule has 3 rings (SSSR count). The number of carbonyl (C=O) groups excluding carboxylic acids is 1. The van der Waals surface area contributed by atoms with Gasteiger partial charge in [0.25, 0.3) is 10.0 Å². The summed E-state index contributed by atoms with van der Waals surface area (Å²) in [5.74, 6) is -0.567. The van der Waals surface area contributed by atoms with Crippen LogP contribution in [0.3, 0.4) is 0 Å². The van der Waals surface area contributed by atoms with E-state index < -0.39 is 15.8 Å². The van der Waals surface area contributed by atoms with E-state index in [9.17, 15) is 17.6 Å². The van der Waals surface area contributed by atoms with Crippen molar-refractivity contribution < 1.29 is 17.6 Å². The fourth-order valence-corrected chi connectivity index (χ4v) is 6.16. The molecule has 0 fully saturated rings. The van der Waals surface area contributed by atoms with Gasteiger partial charge in [0.1, 0.15) is 10.0 Å². The second-order valence-corrected chi connectivity index (χ2v) is 10.6. The van der Waals surface area contributed by atoms with E-state index in [-0.39, 0.29) is 16.7 Å². The van der Waals surface area contributed by atoms with Crippen LogP contribution < -0.4 is 9.62 Å². The summed E-state index contributed by atoms with van der Waals surface area (Å²) in [6.45, 7) is 3.78. The van der Waals surface area contributed by atoms with Crippen LogP contribution in [0.25, 0.3) is 0 Å². The van der Waals surface area contributed by atoms with Crippen molar-refractivity contribution in [3.63, 3.8) is 0 Å². The van der Waals surface area contributed by atoms with E-state index in [1.165, 1.54) is 46.8 Å². The first-order valence-corrected chi connectivity index (χ1v) is 11.9. The Bertz CT molecular complexity index is 1090. The van der Waals surface area contributed by atoms with Gasteiger partial charge in [-0.05, 0) is 49.7 Å². The lowest BCUT2D eigenvalue weighted by Crippen LogP contribution is -2.30. The fourth-order valence-electron chi connectivity index (χ4n) is 2.65. The molecule has 0 aliphatic carbocycles. The third-order valence-electron chi connectivity index (χ3n) is 4.01. The molecule has 154 valence electrons. The number of sulfonamides is 1. The van der Waals surface area contributed by atoms with Crippen molar-refractivity contribution in [2.24, 2.45) is 0 Å². The van der Waals surface area contributed by atoms with Gasteiger partial charge in [0.05, 0.1) is 22.9 Å². The molecule has 0 unspecified atom stereocenters. The number of hydrogen-bond donors (Lipinski definition) is 1. The number of carbonyl (C=O) groups is 1. The van der Waals surface area contributed by atoms with Crippen LogP contribution in [-0.2, 0) is 27.8 Å². The number of halogens is 1. The molecule has 0 aliphatic rings. The molecule has 10 heteroatoms. The summed E-state index contributed by atoms with van der Waals surface area (Å²) in [5, 5.41) is 5.35. The Kier molecular flexibility index (Phi) is 6.66. The van der Waals surface area contributed by atoms with Crippen LogP contribution in [0.1, 0.15) is 22.5 Å². The third kappa shape index (κ3) is 5.40. The molecule has 29 heavy (non-hydrogen) atoms. The first kappa shape index (κ1) is 21.4. The number of aromatic nitrogens is 1. The summed E-state index contributed by atoms with van der Waals surface area (Å²) in [4.78, 5) is 16.2. The number of nitrogens with zero attached hydrogens (tertiary/aromatic N) is 2. The molecule has 0 saturated heterocycles. The molecule has 0 spiro atoms. The van der Waals surface area contributed by atoms with E-state index >= 15 is 0 Å². The third-order valence-corrected chi connectivity index (χ3v) is 8.22. The maximum Gasteiger partial charge on any atom is 0.274 e. The number of rotatable bonds is 8. The minimum absolute atomic E-state index is 0.0530. The fraction of sp³-hybridized carbons (Fsp3) is 0.263. The highest BCUT2D eigenvalue weighted by Gasteiger charge is 2.27. The molecule has 1 amide bonds. The highest BCUT2D eigenvalue weighted by molar-refractivity contribution is 7.94.